The van der Waals surface area contributed by atoms with Crippen LogP contribution < -0.4 is 14.9 Å². The molecule has 0 aliphatic rings. The minimum Gasteiger partial charge on any atom is -0.508 e. The monoisotopic (exact) mass is 424 g/mol. The molecule has 0 unspecified atom stereocenters. The Hall–Kier alpha value is -4.27. The van der Waals surface area contributed by atoms with E-state index in [2.05, 4.69) is 10.5 Å². The Labute approximate surface area is 177 Å². The van der Waals surface area contributed by atoms with Gasteiger partial charge in [-0.15, -0.1) is 0 Å². The highest BCUT2D eigenvalue weighted by molar-refractivity contribution is 5.95. The van der Waals surface area contributed by atoms with Crippen molar-refractivity contribution in [3.63, 3.8) is 0 Å². The van der Waals surface area contributed by atoms with Crippen molar-refractivity contribution < 1.29 is 33.7 Å². The first-order valence-electron chi connectivity index (χ1n) is 9.30. The van der Waals surface area contributed by atoms with Crippen LogP contribution in [-0.2, 0) is 6.61 Å². The maximum absolute atomic E-state index is 12.0. The first-order chi connectivity index (χ1) is 15.0. The number of carboxylic acid groups (broad SMARTS) is 1. The van der Waals surface area contributed by atoms with E-state index in [1.165, 1.54) is 42.6 Å². The number of amides is 1. The van der Waals surface area contributed by atoms with Crippen LogP contribution in [0.3, 0.4) is 0 Å². The largest absolute Gasteiger partial charge is 0.508 e. The predicted molar refractivity (Wildman–Crippen MR) is 111 cm³/mol. The van der Waals surface area contributed by atoms with E-state index < -0.39 is 11.9 Å². The normalized spacial score (nSPS) is 10.7. The summed E-state index contributed by atoms with van der Waals surface area (Å²) in [6, 6.07) is 13.8. The molecule has 0 bridgehead atoms. The number of carboxylic acids is 1. The van der Waals surface area contributed by atoms with Crippen molar-refractivity contribution in [3.05, 3.63) is 77.2 Å². The molecule has 160 valence electrons. The topological polar surface area (TPSA) is 131 Å². The molecule has 0 spiro atoms. The second-order valence-electron chi connectivity index (χ2n) is 6.24. The lowest BCUT2D eigenvalue weighted by molar-refractivity contribution is 0.0657. The van der Waals surface area contributed by atoms with Gasteiger partial charge in [0.05, 0.1) is 12.8 Å². The number of nitrogens with one attached hydrogen (secondary N) is 1. The van der Waals surface area contributed by atoms with Gasteiger partial charge in [-0.3, -0.25) is 4.79 Å². The standard InChI is InChI=1S/C22H20N2O7/c1-2-29-20-11-14(12-23-24-21(26)15-4-6-16(25)7-5-15)3-9-18(20)30-13-17-8-10-19(31-17)22(27)28/h3-12,25H,2,13H2,1H3,(H,24,26)(H,27,28). The van der Waals surface area contributed by atoms with Crippen molar-refractivity contribution in [3.8, 4) is 17.2 Å². The van der Waals surface area contributed by atoms with Crippen molar-refractivity contribution in [1.82, 2.24) is 5.43 Å². The number of rotatable bonds is 9. The van der Waals surface area contributed by atoms with Crippen LogP contribution >= 0.6 is 0 Å². The molecule has 1 heterocycles. The second-order valence-corrected chi connectivity index (χ2v) is 6.24. The summed E-state index contributed by atoms with van der Waals surface area (Å²) < 4.78 is 16.5. The summed E-state index contributed by atoms with van der Waals surface area (Å²) in [7, 11) is 0. The van der Waals surface area contributed by atoms with Gasteiger partial charge in [0, 0.05) is 5.56 Å². The van der Waals surface area contributed by atoms with Gasteiger partial charge >= 0.3 is 5.97 Å². The number of furan rings is 1. The van der Waals surface area contributed by atoms with E-state index >= 15 is 0 Å². The molecule has 2 aromatic carbocycles. The summed E-state index contributed by atoms with van der Waals surface area (Å²) in [6.45, 7) is 2.26. The number of carbonyl (C=O) groups excluding carboxylic acids is 1. The number of hydrogen-bond acceptors (Lipinski definition) is 7. The lowest BCUT2D eigenvalue weighted by Crippen LogP contribution is -2.17. The fourth-order valence-electron chi connectivity index (χ4n) is 2.55. The summed E-state index contributed by atoms with van der Waals surface area (Å²) in [5, 5.41) is 22.1. The predicted octanol–water partition coefficient (Wildman–Crippen LogP) is 3.43. The van der Waals surface area contributed by atoms with Crippen molar-refractivity contribution in [2.24, 2.45) is 5.10 Å². The third-order valence-corrected chi connectivity index (χ3v) is 4.02. The number of carbonyl (C=O) groups is 2. The molecule has 0 aliphatic heterocycles. The maximum atomic E-state index is 12.0. The van der Waals surface area contributed by atoms with Crippen LogP contribution in [0, 0.1) is 0 Å². The highest BCUT2D eigenvalue weighted by Gasteiger charge is 2.11. The van der Waals surface area contributed by atoms with Gasteiger partial charge in [-0.05, 0) is 67.1 Å². The molecule has 9 heteroatoms. The number of hydrazone groups is 1. The Morgan fingerprint density at radius 3 is 2.52 bits per heavy atom. The molecule has 9 nitrogen and oxygen atoms in total. The number of phenols is 1. The zero-order valence-corrected chi connectivity index (χ0v) is 16.6. The molecule has 1 amide bonds. The van der Waals surface area contributed by atoms with Gasteiger partial charge in [-0.25, -0.2) is 10.2 Å². The summed E-state index contributed by atoms with van der Waals surface area (Å²) >= 11 is 0. The molecule has 0 fully saturated rings. The van der Waals surface area contributed by atoms with Crippen LogP contribution in [0.4, 0.5) is 0 Å². The number of aromatic carboxylic acids is 1. The Morgan fingerprint density at radius 1 is 1.06 bits per heavy atom. The molecular weight excluding hydrogens is 404 g/mol. The van der Waals surface area contributed by atoms with Crippen molar-refractivity contribution in [1.29, 1.82) is 0 Å². The molecule has 3 aromatic rings. The van der Waals surface area contributed by atoms with E-state index in [-0.39, 0.29) is 18.1 Å². The van der Waals surface area contributed by atoms with E-state index in [4.69, 9.17) is 19.0 Å². The van der Waals surface area contributed by atoms with Gasteiger partial charge in [-0.1, -0.05) is 0 Å². The molecular formula is C22H20N2O7. The minimum absolute atomic E-state index is 0.0312. The molecule has 0 atom stereocenters. The molecule has 31 heavy (non-hydrogen) atoms. The quantitative estimate of drug-likeness (QED) is 0.354. The van der Waals surface area contributed by atoms with Gasteiger partial charge in [0.1, 0.15) is 18.1 Å². The Balaban J connectivity index is 1.64. The van der Waals surface area contributed by atoms with E-state index in [0.717, 1.165) is 0 Å². The van der Waals surface area contributed by atoms with Crippen LogP contribution in [0.25, 0.3) is 0 Å². The van der Waals surface area contributed by atoms with Crippen molar-refractivity contribution >= 4 is 18.1 Å². The first kappa shape index (κ1) is 21.4. The number of benzene rings is 2. The molecule has 0 aliphatic carbocycles. The van der Waals surface area contributed by atoms with Crippen LogP contribution in [-0.4, -0.2) is 34.9 Å². The van der Waals surface area contributed by atoms with Crippen LogP contribution in [0.5, 0.6) is 17.2 Å². The van der Waals surface area contributed by atoms with Crippen molar-refractivity contribution in [2.45, 2.75) is 13.5 Å². The number of ether oxygens (including phenoxy) is 2. The summed E-state index contributed by atoms with van der Waals surface area (Å²) in [4.78, 5) is 22.9. The molecule has 3 rings (SSSR count). The smallest absolute Gasteiger partial charge is 0.371 e. The average molecular weight is 424 g/mol. The fraction of sp³-hybridized carbons (Fsp3) is 0.136. The van der Waals surface area contributed by atoms with Gasteiger partial charge in [0.25, 0.3) is 5.91 Å². The maximum Gasteiger partial charge on any atom is 0.371 e. The average Bonchev–Trinajstić information content (AvgIpc) is 3.23. The Kier molecular flexibility index (Phi) is 6.89. The van der Waals surface area contributed by atoms with Gasteiger partial charge in [0.2, 0.25) is 5.76 Å². The summed E-state index contributed by atoms with van der Waals surface area (Å²) in [5.41, 5.74) is 3.43. The SMILES string of the molecule is CCOc1cc(C=NNC(=O)c2ccc(O)cc2)ccc1OCc1ccc(C(=O)O)o1. The fourth-order valence-corrected chi connectivity index (χ4v) is 2.55. The number of aromatic hydroxyl groups is 1. The Morgan fingerprint density at radius 2 is 1.84 bits per heavy atom. The number of phenolic OH excluding ortho intramolecular Hbond substituents is 1. The zero-order valence-electron chi connectivity index (χ0n) is 16.6. The first-order valence-corrected chi connectivity index (χ1v) is 9.30. The Bertz CT molecular complexity index is 1090. The lowest BCUT2D eigenvalue weighted by Gasteiger charge is -2.11. The van der Waals surface area contributed by atoms with Crippen LogP contribution in [0.15, 0.2) is 64.1 Å². The molecule has 3 N–H and O–H groups in total. The van der Waals surface area contributed by atoms with E-state index in [9.17, 15) is 14.7 Å². The number of nitrogens with zero attached hydrogens (tertiary/aromatic N) is 1. The highest BCUT2D eigenvalue weighted by Crippen LogP contribution is 2.29. The third-order valence-electron chi connectivity index (χ3n) is 4.02. The van der Waals surface area contributed by atoms with E-state index in [1.807, 2.05) is 6.92 Å². The lowest BCUT2D eigenvalue weighted by atomic mass is 10.2. The highest BCUT2D eigenvalue weighted by atomic mass is 16.5. The van der Waals surface area contributed by atoms with Crippen molar-refractivity contribution in [2.75, 3.05) is 6.61 Å². The molecule has 0 saturated heterocycles. The summed E-state index contributed by atoms with van der Waals surface area (Å²) in [6.07, 6.45) is 1.45. The van der Waals surface area contributed by atoms with Gasteiger partial charge in [-0.2, -0.15) is 5.10 Å². The zero-order chi connectivity index (χ0) is 22.2. The molecule has 0 saturated carbocycles. The molecule has 1 aromatic heterocycles. The van der Waals surface area contributed by atoms with Gasteiger partial charge < -0.3 is 24.1 Å². The minimum atomic E-state index is -1.15. The second kappa shape index (κ2) is 9.97. The summed E-state index contributed by atoms with van der Waals surface area (Å²) in [5.74, 6) is -0.392. The third kappa shape index (κ3) is 5.86. The van der Waals surface area contributed by atoms with E-state index in [1.54, 1.807) is 18.2 Å². The van der Waals surface area contributed by atoms with E-state index in [0.29, 0.717) is 35.0 Å². The number of hydrogen-bond donors (Lipinski definition) is 3. The van der Waals surface area contributed by atoms with Crippen LogP contribution in [0.2, 0.25) is 0 Å². The van der Waals surface area contributed by atoms with Gasteiger partial charge in [0.15, 0.2) is 11.5 Å². The molecule has 0 radical (unpaired) electrons. The van der Waals surface area contributed by atoms with Crippen LogP contribution in [0.1, 0.15) is 39.2 Å².